The maximum atomic E-state index is 12.2. The number of carbonyl (C=O) groups excluding carboxylic acids is 2. The van der Waals surface area contributed by atoms with Gasteiger partial charge in [0.15, 0.2) is 0 Å². The van der Waals surface area contributed by atoms with Crippen LogP contribution < -0.4 is 16.0 Å². The van der Waals surface area contributed by atoms with Crippen LogP contribution in [0.3, 0.4) is 0 Å². The maximum absolute atomic E-state index is 12.2. The number of hydrogen-bond donors (Lipinski definition) is 3. The van der Waals surface area contributed by atoms with Crippen molar-refractivity contribution in [2.24, 2.45) is 11.8 Å². The Morgan fingerprint density at radius 2 is 1.71 bits per heavy atom. The van der Waals surface area contributed by atoms with Gasteiger partial charge in [-0.2, -0.15) is 0 Å². The molecule has 1 saturated heterocycles. The standard InChI is InChI=1S/C17H30N4O3/c1-2-24-17(23)19-9-8-18-16(22)20-15-12-4-3-5-13(15)11-21(10-12)14-6-7-14/h12-15H,2-11H2,1H3,(H,19,23)(H2,18,20,22)/t12-,13-/m0/s1. The second-order valence-corrected chi connectivity index (χ2v) is 7.21. The molecule has 7 nitrogen and oxygen atoms in total. The molecule has 24 heavy (non-hydrogen) atoms. The van der Waals surface area contributed by atoms with Gasteiger partial charge in [0.1, 0.15) is 0 Å². The van der Waals surface area contributed by atoms with Gasteiger partial charge in [-0.25, -0.2) is 9.59 Å². The number of amides is 3. The molecule has 2 atom stereocenters. The molecule has 0 aromatic rings. The van der Waals surface area contributed by atoms with E-state index in [0.717, 1.165) is 19.1 Å². The second kappa shape index (κ2) is 8.05. The first-order valence-electron chi connectivity index (χ1n) is 9.36. The predicted molar refractivity (Wildman–Crippen MR) is 90.8 cm³/mol. The van der Waals surface area contributed by atoms with E-state index in [1.165, 1.54) is 32.1 Å². The van der Waals surface area contributed by atoms with E-state index in [-0.39, 0.29) is 6.03 Å². The van der Waals surface area contributed by atoms with E-state index < -0.39 is 6.09 Å². The Morgan fingerprint density at radius 1 is 1.04 bits per heavy atom. The Bertz CT molecular complexity index is 441. The van der Waals surface area contributed by atoms with Crippen LogP contribution in [-0.2, 0) is 4.74 Å². The molecule has 2 bridgehead atoms. The van der Waals surface area contributed by atoms with E-state index in [0.29, 0.717) is 37.6 Å². The summed E-state index contributed by atoms with van der Waals surface area (Å²) in [4.78, 5) is 26.0. The molecule has 0 aromatic heterocycles. The lowest BCUT2D eigenvalue weighted by atomic mass is 9.73. The number of carbonyl (C=O) groups is 2. The molecule has 136 valence electrons. The lowest BCUT2D eigenvalue weighted by Crippen LogP contribution is -2.60. The first-order chi connectivity index (χ1) is 11.7. The fraction of sp³-hybridized carbons (Fsp3) is 0.882. The van der Waals surface area contributed by atoms with Crippen molar-refractivity contribution in [3.05, 3.63) is 0 Å². The summed E-state index contributed by atoms with van der Waals surface area (Å²) in [5.41, 5.74) is 0. The maximum Gasteiger partial charge on any atom is 0.407 e. The third-order valence-corrected chi connectivity index (χ3v) is 5.42. The minimum Gasteiger partial charge on any atom is -0.450 e. The molecule has 2 saturated carbocycles. The molecule has 3 aliphatic rings. The normalized spacial score (nSPS) is 29.6. The molecule has 7 heteroatoms. The van der Waals surface area contributed by atoms with Crippen LogP contribution in [0.25, 0.3) is 0 Å². The first-order valence-corrected chi connectivity index (χ1v) is 9.36. The van der Waals surface area contributed by atoms with Crippen molar-refractivity contribution in [1.29, 1.82) is 0 Å². The van der Waals surface area contributed by atoms with Crippen LogP contribution in [0.1, 0.15) is 39.0 Å². The van der Waals surface area contributed by atoms with Crippen molar-refractivity contribution in [2.45, 2.75) is 51.1 Å². The highest BCUT2D eigenvalue weighted by Crippen LogP contribution is 2.39. The largest absolute Gasteiger partial charge is 0.450 e. The molecule has 3 amide bonds. The van der Waals surface area contributed by atoms with Crippen molar-refractivity contribution in [1.82, 2.24) is 20.9 Å². The Kier molecular flexibility index (Phi) is 5.81. The molecule has 0 unspecified atom stereocenters. The van der Waals surface area contributed by atoms with Crippen molar-refractivity contribution < 1.29 is 14.3 Å². The summed E-state index contributed by atoms with van der Waals surface area (Å²) in [6.45, 7) is 5.16. The third kappa shape index (κ3) is 4.53. The highest BCUT2D eigenvalue weighted by Gasteiger charge is 2.43. The fourth-order valence-electron chi connectivity index (χ4n) is 4.17. The SMILES string of the molecule is CCOC(=O)NCCNC(=O)NC1[C@H]2CCC[C@H]1CN(C1CC1)C2. The molecule has 1 aliphatic heterocycles. The summed E-state index contributed by atoms with van der Waals surface area (Å²) in [5.74, 6) is 1.17. The predicted octanol–water partition coefficient (Wildman–Crippen LogP) is 1.29. The Morgan fingerprint density at radius 3 is 2.33 bits per heavy atom. The van der Waals surface area contributed by atoms with Crippen LogP contribution in [0, 0.1) is 11.8 Å². The highest BCUT2D eigenvalue weighted by atomic mass is 16.5. The summed E-state index contributed by atoms with van der Waals surface area (Å²) < 4.78 is 4.77. The van der Waals surface area contributed by atoms with Gasteiger partial charge in [0, 0.05) is 38.3 Å². The summed E-state index contributed by atoms with van der Waals surface area (Å²) in [6.07, 6.45) is 5.99. The Balaban J connectivity index is 1.38. The minimum absolute atomic E-state index is 0.123. The van der Waals surface area contributed by atoms with Gasteiger partial charge in [0.05, 0.1) is 6.61 Å². The lowest BCUT2D eigenvalue weighted by Gasteiger charge is -2.47. The van der Waals surface area contributed by atoms with Crippen LogP contribution in [0.2, 0.25) is 0 Å². The van der Waals surface area contributed by atoms with E-state index >= 15 is 0 Å². The van der Waals surface area contributed by atoms with Gasteiger partial charge < -0.3 is 20.7 Å². The number of alkyl carbamates (subject to hydrolysis) is 1. The summed E-state index contributed by atoms with van der Waals surface area (Å²) in [5, 5.41) is 8.62. The molecule has 0 aromatic carbocycles. The first kappa shape index (κ1) is 17.3. The molecule has 0 spiro atoms. The van der Waals surface area contributed by atoms with Gasteiger partial charge >= 0.3 is 12.1 Å². The number of likely N-dealkylation sites (tertiary alicyclic amines) is 1. The zero-order valence-corrected chi connectivity index (χ0v) is 14.6. The third-order valence-electron chi connectivity index (χ3n) is 5.42. The molecule has 0 radical (unpaired) electrons. The van der Waals surface area contributed by atoms with Gasteiger partial charge in [-0.1, -0.05) is 6.42 Å². The molecular weight excluding hydrogens is 308 g/mol. The minimum atomic E-state index is -0.443. The Hall–Kier alpha value is -1.50. The van der Waals surface area contributed by atoms with Crippen LogP contribution in [0.5, 0.6) is 0 Å². The number of piperidine rings is 1. The fourth-order valence-corrected chi connectivity index (χ4v) is 4.17. The van der Waals surface area contributed by atoms with Crippen molar-refractivity contribution >= 4 is 12.1 Å². The molecule has 2 aliphatic carbocycles. The van der Waals surface area contributed by atoms with Crippen LogP contribution in [0.4, 0.5) is 9.59 Å². The molecule has 3 rings (SSSR count). The van der Waals surface area contributed by atoms with Crippen molar-refractivity contribution in [2.75, 3.05) is 32.8 Å². The van der Waals surface area contributed by atoms with E-state index in [1.807, 2.05) is 0 Å². The Labute approximate surface area is 143 Å². The van der Waals surface area contributed by atoms with Gasteiger partial charge in [-0.05, 0) is 44.4 Å². The summed E-state index contributed by atoms with van der Waals surface area (Å²) in [6, 6.07) is 0.992. The molecule has 3 fully saturated rings. The molecule has 3 N–H and O–H groups in total. The highest BCUT2D eigenvalue weighted by molar-refractivity contribution is 5.74. The van der Waals surface area contributed by atoms with Gasteiger partial charge in [0.25, 0.3) is 0 Å². The van der Waals surface area contributed by atoms with E-state index in [2.05, 4.69) is 20.9 Å². The number of ether oxygens (including phenoxy) is 1. The molecule has 1 heterocycles. The lowest BCUT2D eigenvalue weighted by molar-refractivity contribution is 0.0464. The number of hydrogen-bond acceptors (Lipinski definition) is 4. The summed E-state index contributed by atoms with van der Waals surface area (Å²) >= 11 is 0. The number of rotatable bonds is 6. The topological polar surface area (TPSA) is 82.7 Å². The average molecular weight is 338 g/mol. The van der Waals surface area contributed by atoms with E-state index in [1.54, 1.807) is 6.92 Å². The van der Waals surface area contributed by atoms with Gasteiger partial charge in [-0.3, -0.25) is 4.90 Å². The number of fused-ring (bicyclic) bond motifs is 2. The summed E-state index contributed by atoms with van der Waals surface area (Å²) in [7, 11) is 0. The zero-order chi connectivity index (χ0) is 16.9. The average Bonchev–Trinajstić information content (AvgIpc) is 3.36. The molecular formula is C17H30N4O3. The van der Waals surface area contributed by atoms with E-state index in [9.17, 15) is 9.59 Å². The van der Waals surface area contributed by atoms with Crippen molar-refractivity contribution in [3.8, 4) is 0 Å². The van der Waals surface area contributed by atoms with Crippen LogP contribution in [-0.4, -0.2) is 61.9 Å². The smallest absolute Gasteiger partial charge is 0.407 e. The van der Waals surface area contributed by atoms with Crippen LogP contribution >= 0.6 is 0 Å². The number of urea groups is 1. The van der Waals surface area contributed by atoms with Crippen LogP contribution in [0.15, 0.2) is 0 Å². The number of nitrogens with zero attached hydrogens (tertiary/aromatic N) is 1. The van der Waals surface area contributed by atoms with E-state index in [4.69, 9.17) is 4.74 Å². The van der Waals surface area contributed by atoms with Crippen molar-refractivity contribution in [3.63, 3.8) is 0 Å². The second-order valence-electron chi connectivity index (χ2n) is 7.21. The quantitative estimate of drug-likeness (QED) is 0.638. The van der Waals surface area contributed by atoms with Gasteiger partial charge in [-0.15, -0.1) is 0 Å². The monoisotopic (exact) mass is 338 g/mol. The van der Waals surface area contributed by atoms with Gasteiger partial charge in [0.2, 0.25) is 0 Å². The zero-order valence-electron chi connectivity index (χ0n) is 14.6. The number of nitrogens with one attached hydrogen (secondary N) is 3.